The predicted octanol–water partition coefficient (Wildman–Crippen LogP) is 3.22. The molecule has 0 aliphatic heterocycles. The molecule has 1 aromatic rings. The Morgan fingerprint density at radius 2 is 1.86 bits per heavy atom. The van der Waals surface area contributed by atoms with Crippen molar-refractivity contribution in [2.45, 2.75) is 44.2 Å². The van der Waals surface area contributed by atoms with Gasteiger partial charge in [-0.05, 0) is 25.3 Å². The van der Waals surface area contributed by atoms with Gasteiger partial charge in [0.2, 0.25) is 5.91 Å². The molecule has 1 rings (SSSR count). The predicted molar refractivity (Wildman–Crippen MR) is 94.9 cm³/mol. The number of carbonyl (C=O) groups excluding carboxylic acids is 1. The molecule has 21 heavy (non-hydrogen) atoms. The Bertz CT molecular complexity index is 428. The summed E-state index contributed by atoms with van der Waals surface area (Å²) in [7, 11) is 0. The average Bonchev–Trinajstić information content (AvgIpc) is 2.45. The molecule has 0 aliphatic rings. The van der Waals surface area contributed by atoms with Crippen LogP contribution >= 0.6 is 24.2 Å². The Kier molecular flexibility index (Phi) is 9.02. The van der Waals surface area contributed by atoms with Gasteiger partial charge in [0, 0.05) is 12.3 Å². The number of thioether (sulfide) groups is 1. The number of hydrogen-bond acceptors (Lipinski definition) is 3. The Labute approximate surface area is 138 Å². The second kappa shape index (κ2) is 9.34. The number of benzene rings is 1. The lowest BCUT2D eigenvalue weighted by Gasteiger charge is -2.34. The molecule has 0 saturated carbocycles. The van der Waals surface area contributed by atoms with Gasteiger partial charge < -0.3 is 11.1 Å². The summed E-state index contributed by atoms with van der Waals surface area (Å²) in [6.45, 7) is 8.56. The molecule has 0 saturated heterocycles. The fourth-order valence-electron chi connectivity index (χ4n) is 1.69. The molecule has 0 spiro atoms. The summed E-state index contributed by atoms with van der Waals surface area (Å²) in [5.41, 5.74) is 6.70. The highest BCUT2D eigenvalue weighted by molar-refractivity contribution is 7.99. The number of hydrogen-bond donors (Lipinski definition) is 2. The minimum atomic E-state index is -0.335. The van der Waals surface area contributed by atoms with Crippen LogP contribution < -0.4 is 11.1 Å². The van der Waals surface area contributed by atoms with Gasteiger partial charge in [-0.3, -0.25) is 4.79 Å². The molecule has 0 fully saturated rings. The molecule has 0 radical (unpaired) electrons. The van der Waals surface area contributed by atoms with Gasteiger partial charge >= 0.3 is 0 Å². The van der Waals surface area contributed by atoms with Crippen LogP contribution in [0.4, 0.5) is 0 Å². The first-order chi connectivity index (χ1) is 9.39. The molecule has 0 aromatic heterocycles. The monoisotopic (exact) mass is 330 g/mol. The smallest absolute Gasteiger partial charge is 0.233 e. The molecule has 2 unspecified atom stereocenters. The third kappa shape index (κ3) is 6.29. The van der Waals surface area contributed by atoms with Gasteiger partial charge in [0.1, 0.15) is 0 Å². The molecule has 0 aliphatic carbocycles. The first-order valence-corrected chi connectivity index (χ1v) is 8.11. The van der Waals surface area contributed by atoms with E-state index >= 15 is 0 Å². The van der Waals surface area contributed by atoms with Crippen LogP contribution in [-0.2, 0) is 10.5 Å². The van der Waals surface area contributed by atoms with Crippen LogP contribution in [0, 0.1) is 5.92 Å². The third-order valence-corrected chi connectivity index (χ3v) is 5.03. The summed E-state index contributed by atoms with van der Waals surface area (Å²) in [5, 5.41) is 3.01. The van der Waals surface area contributed by atoms with Gasteiger partial charge in [0.25, 0.3) is 0 Å². The zero-order valence-corrected chi connectivity index (χ0v) is 14.9. The molecule has 1 amide bonds. The van der Waals surface area contributed by atoms with Crippen molar-refractivity contribution in [3.05, 3.63) is 35.9 Å². The summed E-state index contributed by atoms with van der Waals surface area (Å²) in [6, 6.07) is 10.2. The highest BCUT2D eigenvalue weighted by atomic mass is 35.5. The fraction of sp³-hybridized carbons (Fsp3) is 0.562. The minimum Gasteiger partial charge on any atom is -0.348 e. The first-order valence-electron chi connectivity index (χ1n) is 7.06. The SMILES string of the molecule is CC(SCc1ccccc1)C(=O)NC(C)(CN)C(C)C.Cl. The van der Waals surface area contributed by atoms with E-state index in [1.54, 1.807) is 11.8 Å². The maximum Gasteiger partial charge on any atom is 0.233 e. The molecule has 120 valence electrons. The van der Waals surface area contributed by atoms with Crippen molar-refractivity contribution < 1.29 is 4.79 Å². The Morgan fingerprint density at radius 1 is 1.29 bits per heavy atom. The molecule has 0 heterocycles. The summed E-state index contributed by atoms with van der Waals surface area (Å²) in [5.74, 6) is 1.21. The molecule has 1 aromatic carbocycles. The second-order valence-electron chi connectivity index (χ2n) is 5.70. The van der Waals surface area contributed by atoms with Crippen LogP contribution in [-0.4, -0.2) is 23.2 Å². The van der Waals surface area contributed by atoms with Crippen LogP contribution in [0.2, 0.25) is 0 Å². The number of amides is 1. The van der Waals surface area contributed by atoms with Gasteiger partial charge in [-0.1, -0.05) is 44.2 Å². The lowest BCUT2D eigenvalue weighted by molar-refractivity contribution is -0.122. The van der Waals surface area contributed by atoms with Crippen molar-refractivity contribution in [3.8, 4) is 0 Å². The molecule has 2 atom stereocenters. The molecule has 5 heteroatoms. The van der Waals surface area contributed by atoms with Crippen LogP contribution in [0.25, 0.3) is 0 Å². The zero-order valence-electron chi connectivity index (χ0n) is 13.3. The molecule has 0 bridgehead atoms. The molecular weight excluding hydrogens is 304 g/mol. The van der Waals surface area contributed by atoms with Crippen molar-refractivity contribution in [1.82, 2.24) is 5.32 Å². The number of nitrogens with two attached hydrogens (primary N) is 1. The quantitative estimate of drug-likeness (QED) is 0.807. The Morgan fingerprint density at radius 3 is 2.33 bits per heavy atom. The fourth-order valence-corrected chi connectivity index (χ4v) is 2.53. The van der Waals surface area contributed by atoms with Crippen LogP contribution in [0.3, 0.4) is 0 Å². The van der Waals surface area contributed by atoms with Crippen LogP contribution in [0.15, 0.2) is 30.3 Å². The number of rotatable bonds is 7. The Hall–Kier alpha value is -0.710. The van der Waals surface area contributed by atoms with Crippen molar-refractivity contribution >= 4 is 30.1 Å². The average molecular weight is 331 g/mol. The molecule has 3 N–H and O–H groups in total. The molecular formula is C16H27ClN2OS. The Balaban J connectivity index is 0.00000400. The maximum absolute atomic E-state index is 12.3. The summed E-state index contributed by atoms with van der Waals surface area (Å²) in [6.07, 6.45) is 0. The van der Waals surface area contributed by atoms with E-state index in [0.29, 0.717) is 12.5 Å². The van der Waals surface area contributed by atoms with Crippen molar-refractivity contribution in [2.24, 2.45) is 11.7 Å². The number of halogens is 1. The van der Waals surface area contributed by atoms with Gasteiger partial charge in [0.05, 0.1) is 10.8 Å². The lowest BCUT2D eigenvalue weighted by Crippen LogP contribution is -2.56. The van der Waals surface area contributed by atoms with Gasteiger partial charge in [-0.15, -0.1) is 24.2 Å². The van der Waals surface area contributed by atoms with Gasteiger partial charge in [-0.25, -0.2) is 0 Å². The third-order valence-electron chi connectivity index (χ3n) is 3.82. The number of carbonyl (C=O) groups is 1. The van der Waals surface area contributed by atoms with E-state index in [1.165, 1.54) is 5.56 Å². The van der Waals surface area contributed by atoms with E-state index in [-0.39, 0.29) is 29.1 Å². The van der Waals surface area contributed by atoms with E-state index < -0.39 is 0 Å². The topological polar surface area (TPSA) is 55.1 Å². The highest BCUT2D eigenvalue weighted by Gasteiger charge is 2.30. The molecule has 3 nitrogen and oxygen atoms in total. The lowest BCUT2D eigenvalue weighted by atomic mass is 9.88. The number of nitrogens with one attached hydrogen (secondary N) is 1. The van der Waals surface area contributed by atoms with Gasteiger partial charge in [0.15, 0.2) is 0 Å². The van der Waals surface area contributed by atoms with Crippen molar-refractivity contribution in [1.29, 1.82) is 0 Å². The van der Waals surface area contributed by atoms with E-state index in [2.05, 4.69) is 31.3 Å². The summed E-state index contributed by atoms with van der Waals surface area (Å²) >= 11 is 1.65. The van der Waals surface area contributed by atoms with E-state index in [0.717, 1.165) is 5.75 Å². The summed E-state index contributed by atoms with van der Waals surface area (Å²) < 4.78 is 0. The maximum atomic E-state index is 12.3. The van der Waals surface area contributed by atoms with Crippen molar-refractivity contribution in [2.75, 3.05) is 6.54 Å². The van der Waals surface area contributed by atoms with Crippen molar-refractivity contribution in [3.63, 3.8) is 0 Å². The second-order valence-corrected chi connectivity index (χ2v) is 7.03. The normalized spacial score (nSPS) is 15.0. The minimum absolute atomic E-state index is 0. The zero-order chi connectivity index (χ0) is 15.2. The van der Waals surface area contributed by atoms with E-state index in [1.807, 2.05) is 32.0 Å². The largest absolute Gasteiger partial charge is 0.348 e. The van der Waals surface area contributed by atoms with Gasteiger partial charge in [-0.2, -0.15) is 0 Å². The standard InChI is InChI=1S/C16H26N2OS.ClH/c1-12(2)16(4,11-17)18-15(19)13(3)20-10-14-8-6-5-7-9-14;/h5-9,12-13H,10-11,17H2,1-4H3,(H,18,19);1H. The van der Waals surface area contributed by atoms with E-state index in [4.69, 9.17) is 5.73 Å². The highest BCUT2D eigenvalue weighted by Crippen LogP contribution is 2.20. The van der Waals surface area contributed by atoms with Crippen LogP contribution in [0.1, 0.15) is 33.3 Å². The van der Waals surface area contributed by atoms with E-state index in [9.17, 15) is 4.79 Å². The van der Waals surface area contributed by atoms with Crippen LogP contribution in [0.5, 0.6) is 0 Å². The summed E-state index contributed by atoms with van der Waals surface area (Å²) in [4.78, 5) is 12.3. The first kappa shape index (κ1) is 20.3.